The van der Waals surface area contributed by atoms with E-state index >= 15 is 0 Å². The average Bonchev–Trinajstić information content (AvgIpc) is 2.61. The molecule has 1 aromatic carbocycles. The third kappa shape index (κ3) is 3.22. The molecule has 20 heavy (non-hydrogen) atoms. The number of hydrogen-bond acceptors (Lipinski definition) is 2. The summed E-state index contributed by atoms with van der Waals surface area (Å²) in [6, 6.07) is 6.32. The van der Waals surface area contributed by atoms with E-state index in [9.17, 15) is 5.11 Å². The van der Waals surface area contributed by atoms with E-state index in [1.54, 1.807) is 4.68 Å². The van der Waals surface area contributed by atoms with Gasteiger partial charge in [-0.1, -0.05) is 35.4 Å². The molecule has 3 nitrogen and oxygen atoms in total. The van der Waals surface area contributed by atoms with Crippen molar-refractivity contribution in [2.24, 2.45) is 7.05 Å². The maximum Gasteiger partial charge on any atom is 0.130 e. The zero-order valence-corrected chi connectivity index (χ0v) is 13.2. The molecule has 0 aliphatic carbocycles. The Morgan fingerprint density at radius 3 is 2.55 bits per heavy atom. The van der Waals surface area contributed by atoms with Gasteiger partial charge in [0.05, 0.1) is 11.8 Å². The second-order valence-corrected chi connectivity index (χ2v) is 5.83. The van der Waals surface area contributed by atoms with E-state index in [1.807, 2.05) is 14.0 Å². The molecule has 2 rings (SSSR count). The number of aryl methyl sites for hydroxylation is 4. The van der Waals surface area contributed by atoms with Gasteiger partial charge in [-0.05, 0) is 38.3 Å². The Balaban J connectivity index is 2.13. The van der Waals surface area contributed by atoms with Gasteiger partial charge in [-0.3, -0.25) is 4.68 Å². The number of rotatable bonds is 4. The van der Waals surface area contributed by atoms with E-state index in [0.29, 0.717) is 18.0 Å². The lowest BCUT2D eigenvalue weighted by atomic mass is 9.97. The largest absolute Gasteiger partial charge is 0.392 e. The first-order chi connectivity index (χ1) is 9.38. The van der Waals surface area contributed by atoms with Crippen molar-refractivity contribution in [1.82, 2.24) is 9.78 Å². The Morgan fingerprint density at radius 2 is 1.95 bits per heavy atom. The molecule has 0 bridgehead atoms. The Hall–Kier alpha value is -1.32. The number of nitrogens with zero attached hydrogens (tertiary/aromatic N) is 2. The van der Waals surface area contributed by atoms with Crippen LogP contribution in [0.15, 0.2) is 18.2 Å². The molecule has 0 fully saturated rings. The zero-order valence-electron chi connectivity index (χ0n) is 12.4. The topological polar surface area (TPSA) is 38.1 Å². The molecule has 1 heterocycles. The van der Waals surface area contributed by atoms with Crippen LogP contribution in [0.1, 0.15) is 27.9 Å². The molecular weight excluding hydrogens is 272 g/mol. The van der Waals surface area contributed by atoms with E-state index in [2.05, 4.69) is 37.1 Å². The SMILES string of the molecule is Cc1ccc(C)c(CC(O)Cc2c(C)nn(C)c2Cl)c1. The highest BCUT2D eigenvalue weighted by atomic mass is 35.5. The normalized spacial score (nSPS) is 12.7. The molecule has 1 aromatic heterocycles. The number of halogens is 1. The second-order valence-electron chi connectivity index (χ2n) is 5.47. The van der Waals surface area contributed by atoms with Gasteiger partial charge in [0.15, 0.2) is 0 Å². The van der Waals surface area contributed by atoms with Crippen molar-refractivity contribution in [3.05, 3.63) is 51.3 Å². The fourth-order valence-corrected chi connectivity index (χ4v) is 2.74. The molecule has 1 N–H and O–H groups in total. The minimum absolute atomic E-state index is 0.448. The first-order valence-corrected chi connectivity index (χ1v) is 7.18. The van der Waals surface area contributed by atoms with Crippen molar-refractivity contribution in [2.45, 2.75) is 39.7 Å². The van der Waals surface area contributed by atoms with E-state index in [-0.39, 0.29) is 0 Å². The van der Waals surface area contributed by atoms with Crippen LogP contribution in [0.25, 0.3) is 0 Å². The summed E-state index contributed by atoms with van der Waals surface area (Å²) in [5.41, 5.74) is 5.44. The molecule has 108 valence electrons. The maximum absolute atomic E-state index is 10.3. The minimum atomic E-state index is -0.448. The summed E-state index contributed by atoms with van der Waals surface area (Å²) < 4.78 is 1.65. The minimum Gasteiger partial charge on any atom is -0.392 e. The molecule has 0 saturated heterocycles. The standard InChI is InChI=1S/C16H21ClN2O/c1-10-5-6-11(2)13(7-10)8-14(20)9-15-12(3)18-19(4)16(15)17/h5-7,14,20H,8-9H2,1-4H3. The Kier molecular flexibility index (Phi) is 4.51. The molecule has 0 aliphatic rings. The van der Waals surface area contributed by atoms with Gasteiger partial charge in [0.2, 0.25) is 0 Å². The summed E-state index contributed by atoms with van der Waals surface area (Å²) in [5, 5.41) is 15.2. The van der Waals surface area contributed by atoms with Crippen LogP contribution >= 0.6 is 11.6 Å². The lowest BCUT2D eigenvalue weighted by molar-refractivity contribution is 0.175. The van der Waals surface area contributed by atoms with Gasteiger partial charge in [-0.2, -0.15) is 5.10 Å². The predicted octanol–water partition coefficient (Wildman–Crippen LogP) is 3.14. The van der Waals surface area contributed by atoms with Gasteiger partial charge in [0.1, 0.15) is 5.15 Å². The van der Waals surface area contributed by atoms with E-state index in [4.69, 9.17) is 11.6 Å². The molecule has 0 radical (unpaired) electrons. The number of hydrogen-bond donors (Lipinski definition) is 1. The third-order valence-corrected chi connectivity index (χ3v) is 4.14. The molecule has 0 spiro atoms. The predicted molar refractivity (Wildman–Crippen MR) is 82.3 cm³/mol. The molecule has 4 heteroatoms. The smallest absolute Gasteiger partial charge is 0.130 e. The summed E-state index contributed by atoms with van der Waals surface area (Å²) in [7, 11) is 1.82. The van der Waals surface area contributed by atoms with E-state index in [0.717, 1.165) is 11.3 Å². The first kappa shape index (κ1) is 15.1. The molecule has 2 aromatic rings. The fraction of sp³-hybridized carbons (Fsp3) is 0.438. The third-order valence-electron chi connectivity index (χ3n) is 3.67. The zero-order chi connectivity index (χ0) is 14.9. The van der Waals surface area contributed by atoms with Gasteiger partial charge in [-0.25, -0.2) is 0 Å². The van der Waals surface area contributed by atoms with Gasteiger partial charge >= 0.3 is 0 Å². The lowest BCUT2D eigenvalue weighted by Gasteiger charge is -2.13. The Morgan fingerprint density at radius 1 is 1.25 bits per heavy atom. The van der Waals surface area contributed by atoms with Crippen LogP contribution in [0.3, 0.4) is 0 Å². The first-order valence-electron chi connectivity index (χ1n) is 6.80. The molecule has 0 aliphatic heterocycles. The summed E-state index contributed by atoms with van der Waals surface area (Å²) in [6.07, 6.45) is 0.722. The Labute approximate surface area is 125 Å². The van der Waals surface area contributed by atoms with Gasteiger partial charge < -0.3 is 5.11 Å². The van der Waals surface area contributed by atoms with Gasteiger partial charge in [0.25, 0.3) is 0 Å². The van der Waals surface area contributed by atoms with Crippen molar-refractivity contribution >= 4 is 11.6 Å². The lowest BCUT2D eigenvalue weighted by Crippen LogP contribution is -2.15. The molecule has 1 atom stereocenters. The maximum atomic E-state index is 10.3. The van der Waals surface area contributed by atoms with Crippen molar-refractivity contribution in [2.75, 3.05) is 0 Å². The number of aromatic nitrogens is 2. The number of aliphatic hydroxyl groups is 1. The van der Waals surface area contributed by atoms with Crippen molar-refractivity contribution < 1.29 is 5.11 Å². The summed E-state index contributed by atoms with van der Waals surface area (Å²) in [6.45, 7) is 6.06. The highest BCUT2D eigenvalue weighted by Crippen LogP contribution is 2.22. The van der Waals surface area contributed by atoms with Crippen LogP contribution in [0.2, 0.25) is 5.15 Å². The second kappa shape index (κ2) is 5.98. The van der Waals surface area contributed by atoms with Crippen LogP contribution in [-0.4, -0.2) is 21.0 Å². The van der Waals surface area contributed by atoms with Crippen LogP contribution < -0.4 is 0 Å². The molecule has 0 amide bonds. The monoisotopic (exact) mass is 292 g/mol. The van der Waals surface area contributed by atoms with Crippen LogP contribution in [0.4, 0.5) is 0 Å². The quantitative estimate of drug-likeness (QED) is 0.940. The Bertz CT molecular complexity index is 619. The van der Waals surface area contributed by atoms with Gasteiger partial charge in [-0.15, -0.1) is 0 Å². The fourth-order valence-electron chi connectivity index (χ4n) is 2.49. The molecule has 1 unspecified atom stereocenters. The average molecular weight is 293 g/mol. The van der Waals surface area contributed by atoms with E-state index < -0.39 is 6.10 Å². The summed E-state index contributed by atoms with van der Waals surface area (Å²) in [4.78, 5) is 0. The molecular formula is C16H21ClN2O. The van der Waals surface area contributed by atoms with Crippen LogP contribution in [0, 0.1) is 20.8 Å². The highest BCUT2D eigenvalue weighted by Gasteiger charge is 2.16. The van der Waals surface area contributed by atoms with Crippen molar-refractivity contribution in [3.8, 4) is 0 Å². The summed E-state index contributed by atoms with van der Waals surface area (Å²) >= 11 is 6.21. The molecule has 0 saturated carbocycles. The number of aliphatic hydroxyl groups excluding tert-OH is 1. The van der Waals surface area contributed by atoms with Crippen LogP contribution in [-0.2, 0) is 19.9 Å². The van der Waals surface area contributed by atoms with Crippen LogP contribution in [0.5, 0.6) is 0 Å². The summed E-state index contributed by atoms with van der Waals surface area (Å²) in [5.74, 6) is 0. The van der Waals surface area contributed by atoms with Crippen molar-refractivity contribution in [3.63, 3.8) is 0 Å². The number of benzene rings is 1. The highest BCUT2D eigenvalue weighted by molar-refractivity contribution is 6.30. The van der Waals surface area contributed by atoms with Gasteiger partial charge in [0, 0.05) is 19.0 Å². The van der Waals surface area contributed by atoms with E-state index in [1.165, 1.54) is 16.7 Å². The van der Waals surface area contributed by atoms with Crippen molar-refractivity contribution in [1.29, 1.82) is 0 Å².